The fraction of sp³-hybridized carbons (Fsp3) is 0.200. The molecule has 5 nitrogen and oxygen atoms in total. The van der Waals surface area contributed by atoms with Gasteiger partial charge in [0.2, 0.25) is 0 Å². The van der Waals surface area contributed by atoms with Gasteiger partial charge in [-0.2, -0.15) is 5.10 Å². The fourth-order valence-electron chi connectivity index (χ4n) is 2.22. The van der Waals surface area contributed by atoms with Crippen molar-refractivity contribution < 1.29 is 14.3 Å². The third-order valence-electron chi connectivity index (χ3n) is 3.19. The summed E-state index contributed by atoms with van der Waals surface area (Å²) in [7, 11) is 0. The average molecular weight is 338 g/mol. The minimum atomic E-state index is -0.325. The number of nitrogens with zero attached hydrogens (tertiary/aromatic N) is 1. The van der Waals surface area contributed by atoms with E-state index < -0.39 is 0 Å². The number of hydrogen-bond acceptors (Lipinski definition) is 4. The van der Waals surface area contributed by atoms with E-state index in [1.165, 1.54) is 0 Å². The van der Waals surface area contributed by atoms with Crippen LogP contribution in [0.4, 0.5) is 0 Å². The maximum atomic E-state index is 11.8. The van der Waals surface area contributed by atoms with Gasteiger partial charge in [0.15, 0.2) is 6.61 Å². The molecule has 5 heteroatoms. The number of hydrazone groups is 1. The van der Waals surface area contributed by atoms with E-state index in [2.05, 4.69) is 17.1 Å². The van der Waals surface area contributed by atoms with Gasteiger partial charge in [-0.15, -0.1) is 0 Å². The molecule has 130 valence electrons. The molecule has 0 aromatic heterocycles. The minimum absolute atomic E-state index is 0.0945. The molecule has 0 aliphatic carbocycles. The second-order valence-corrected chi connectivity index (χ2v) is 5.58. The van der Waals surface area contributed by atoms with Gasteiger partial charge >= 0.3 is 0 Å². The third-order valence-corrected chi connectivity index (χ3v) is 3.19. The van der Waals surface area contributed by atoms with Crippen LogP contribution in [0.2, 0.25) is 0 Å². The van der Waals surface area contributed by atoms with Crippen LogP contribution in [0.5, 0.6) is 11.5 Å². The molecule has 0 unspecified atom stereocenters. The second-order valence-electron chi connectivity index (χ2n) is 5.58. The van der Waals surface area contributed by atoms with Crippen molar-refractivity contribution in [3.8, 4) is 11.5 Å². The van der Waals surface area contributed by atoms with E-state index in [1.807, 2.05) is 56.3 Å². The molecule has 0 fully saturated rings. The van der Waals surface area contributed by atoms with Crippen molar-refractivity contribution in [2.75, 3.05) is 13.2 Å². The van der Waals surface area contributed by atoms with Crippen LogP contribution in [0.1, 0.15) is 16.7 Å². The number of benzene rings is 2. The molecule has 0 heterocycles. The smallest absolute Gasteiger partial charge is 0.277 e. The van der Waals surface area contributed by atoms with Gasteiger partial charge in [0, 0.05) is 0 Å². The zero-order valence-electron chi connectivity index (χ0n) is 14.5. The Hall–Kier alpha value is -3.08. The molecule has 2 aromatic carbocycles. The lowest BCUT2D eigenvalue weighted by molar-refractivity contribution is -0.123. The Bertz CT molecular complexity index is 749. The monoisotopic (exact) mass is 338 g/mol. The van der Waals surface area contributed by atoms with Gasteiger partial charge < -0.3 is 9.47 Å². The fourth-order valence-corrected chi connectivity index (χ4v) is 2.22. The van der Waals surface area contributed by atoms with Crippen LogP contribution in [-0.2, 0) is 4.79 Å². The number of rotatable bonds is 8. The van der Waals surface area contributed by atoms with E-state index in [1.54, 1.807) is 12.3 Å². The van der Waals surface area contributed by atoms with E-state index in [9.17, 15) is 4.79 Å². The highest BCUT2D eigenvalue weighted by atomic mass is 16.5. The van der Waals surface area contributed by atoms with Crippen molar-refractivity contribution in [3.05, 3.63) is 71.8 Å². The topological polar surface area (TPSA) is 59.9 Å². The lowest BCUT2D eigenvalue weighted by Crippen LogP contribution is -2.24. The zero-order chi connectivity index (χ0) is 18.1. The van der Waals surface area contributed by atoms with E-state index in [0.29, 0.717) is 18.1 Å². The number of amides is 1. The molecule has 0 saturated heterocycles. The number of aryl methyl sites for hydroxylation is 2. The second kappa shape index (κ2) is 9.27. The molecule has 0 bridgehead atoms. The highest BCUT2D eigenvalue weighted by molar-refractivity contribution is 5.83. The quantitative estimate of drug-likeness (QED) is 0.456. The molecule has 0 saturated carbocycles. The van der Waals surface area contributed by atoms with Crippen LogP contribution < -0.4 is 14.9 Å². The number of ether oxygens (including phenoxy) is 2. The predicted octanol–water partition coefficient (Wildman–Crippen LogP) is 3.40. The van der Waals surface area contributed by atoms with Gasteiger partial charge in [0.05, 0.1) is 6.21 Å². The largest absolute Gasteiger partial charge is 0.490 e. The Morgan fingerprint density at radius 1 is 1.12 bits per heavy atom. The van der Waals surface area contributed by atoms with E-state index in [0.717, 1.165) is 16.7 Å². The number of nitrogens with one attached hydrogen (secondary N) is 1. The summed E-state index contributed by atoms with van der Waals surface area (Å²) in [5.41, 5.74) is 5.44. The standard InChI is InChI=1S/C20H22N2O3/c1-4-8-24-18-7-5-6-17(12-18)13-21-22-20(23)14-25-19-10-15(2)9-16(3)11-19/h4-7,9-13H,1,8,14H2,2-3H3,(H,22,23)/b21-13-. The Morgan fingerprint density at radius 2 is 1.88 bits per heavy atom. The van der Waals surface area contributed by atoms with Crippen molar-refractivity contribution in [2.45, 2.75) is 13.8 Å². The van der Waals surface area contributed by atoms with Gasteiger partial charge in [-0.3, -0.25) is 4.79 Å². The molecule has 0 aliphatic rings. The average Bonchev–Trinajstić information content (AvgIpc) is 2.58. The summed E-state index contributed by atoms with van der Waals surface area (Å²) in [6, 6.07) is 13.2. The first-order chi connectivity index (χ1) is 12.1. The molecule has 0 atom stereocenters. The molecule has 1 N–H and O–H groups in total. The normalized spacial score (nSPS) is 10.5. The maximum Gasteiger partial charge on any atom is 0.277 e. The number of carbonyl (C=O) groups excluding carboxylic acids is 1. The van der Waals surface area contributed by atoms with Crippen LogP contribution in [-0.4, -0.2) is 25.3 Å². The molecule has 2 rings (SSSR count). The van der Waals surface area contributed by atoms with Crippen molar-refractivity contribution in [2.24, 2.45) is 5.10 Å². The van der Waals surface area contributed by atoms with Crippen molar-refractivity contribution in [1.29, 1.82) is 0 Å². The van der Waals surface area contributed by atoms with E-state index >= 15 is 0 Å². The van der Waals surface area contributed by atoms with Gasteiger partial charge in [-0.05, 0) is 54.8 Å². The SMILES string of the molecule is C=CCOc1cccc(/C=N\NC(=O)COc2cc(C)cc(C)c2)c1. The Kier molecular flexibility index (Phi) is 6.77. The first-order valence-electron chi connectivity index (χ1n) is 7.93. The predicted molar refractivity (Wildman–Crippen MR) is 99.3 cm³/mol. The van der Waals surface area contributed by atoms with Crippen LogP contribution in [0.15, 0.2) is 60.2 Å². The Morgan fingerprint density at radius 3 is 2.60 bits per heavy atom. The van der Waals surface area contributed by atoms with Crippen LogP contribution in [0.3, 0.4) is 0 Å². The Labute approximate surface area is 148 Å². The lowest BCUT2D eigenvalue weighted by atomic mass is 10.1. The summed E-state index contributed by atoms with van der Waals surface area (Å²) >= 11 is 0. The zero-order valence-corrected chi connectivity index (χ0v) is 14.5. The third kappa shape index (κ3) is 6.51. The van der Waals surface area contributed by atoms with Gasteiger partial charge in [0.1, 0.15) is 18.1 Å². The molecular weight excluding hydrogens is 316 g/mol. The van der Waals surface area contributed by atoms with Crippen LogP contribution >= 0.6 is 0 Å². The van der Waals surface area contributed by atoms with Crippen molar-refractivity contribution >= 4 is 12.1 Å². The molecule has 0 radical (unpaired) electrons. The van der Waals surface area contributed by atoms with Crippen LogP contribution in [0.25, 0.3) is 0 Å². The van der Waals surface area contributed by atoms with E-state index in [-0.39, 0.29) is 12.5 Å². The van der Waals surface area contributed by atoms with Crippen molar-refractivity contribution in [1.82, 2.24) is 5.43 Å². The van der Waals surface area contributed by atoms with Crippen LogP contribution in [0, 0.1) is 13.8 Å². The molecule has 2 aromatic rings. The first-order valence-corrected chi connectivity index (χ1v) is 7.93. The summed E-state index contributed by atoms with van der Waals surface area (Å²) in [5, 5.41) is 3.93. The van der Waals surface area contributed by atoms with E-state index in [4.69, 9.17) is 9.47 Å². The van der Waals surface area contributed by atoms with Gasteiger partial charge in [-0.25, -0.2) is 5.43 Å². The summed E-state index contributed by atoms with van der Waals surface area (Å²) in [5.74, 6) is 1.06. The molecule has 0 spiro atoms. The summed E-state index contributed by atoms with van der Waals surface area (Å²) in [6.07, 6.45) is 3.23. The summed E-state index contributed by atoms with van der Waals surface area (Å²) < 4.78 is 10.9. The molecule has 0 aliphatic heterocycles. The van der Waals surface area contributed by atoms with Gasteiger partial charge in [0.25, 0.3) is 5.91 Å². The molecule has 25 heavy (non-hydrogen) atoms. The maximum absolute atomic E-state index is 11.8. The lowest BCUT2D eigenvalue weighted by Gasteiger charge is -2.07. The number of carbonyl (C=O) groups is 1. The highest BCUT2D eigenvalue weighted by Gasteiger charge is 2.02. The van der Waals surface area contributed by atoms with Gasteiger partial charge in [-0.1, -0.05) is 30.9 Å². The molecule has 1 amide bonds. The summed E-state index contributed by atoms with van der Waals surface area (Å²) in [6.45, 7) is 7.91. The summed E-state index contributed by atoms with van der Waals surface area (Å²) in [4.78, 5) is 11.8. The number of hydrogen-bond donors (Lipinski definition) is 1. The highest BCUT2D eigenvalue weighted by Crippen LogP contribution is 2.16. The molecular formula is C20H22N2O3. The van der Waals surface area contributed by atoms with Crippen molar-refractivity contribution in [3.63, 3.8) is 0 Å². The first kappa shape index (κ1) is 18.3. The Balaban J connectivity index is 1.83. The minimum Gasteiger partial charge on any atom is -0.490 e.